The van der Waals surface area contributed by atoms with Crippen molar-refractivity contribution in [3.05, 3.63) is 65.5 Å². The van der Waals surface area contributed by atoms with Crippen LogP contribution >= 0.6 is 0 Å². The molecule has 4 atom stereocenters. The predicted octanol–water partition coefficient (Wildman–Crippen LogP) is 5.03. The molecule has 0 heterocycles. The van der Waals surface area contributed by atoms with Crippen LogP contribution in [0.5, 0.6) is 5.75 Å². The highest BCUT2D eigenvalue weighted by Gasteiger charge is 2.43. The Bertz CT molecular complexity index is 943. The van der Waals surface area contributed by atoms with Gasteiger partial charge in [-0.15, -0.1) is 0 Å². The first-order chi connectivity index (χ1) is 15.8. The van der Waals surface area contributed by atoms with Gasteiger partial charge in [0.25, 0.3) is 0 Å². The van der Waals surface area contributed by atoms with E-state index in [1.165, 1.54) is 12.1 Å². The van der Waals surface area contributed by atoms with Gasteiger partial charge in [0.2, 0.25) is 0 Å². The van der Waals surface area contributed by atoms with Gasteiger partial charge < -0.3 is 14.3 Å². The van der Waals surface area contributed by atoms with E-state index in [0.717, 1.165) is 29.6 Å². The summed E-state index contributed by atoms with van der Waals surface area (Å²) in [5.41, 5.74) is 1.39. The van der Waals surface area contributed by atoms with Gasteiger partial charge in [-0.3, -0.25) is 10.1 Å². The van der Waals surface area contributed by atoms with Crippen molar-refractivity contribution in [1.29, 1.82) is 0 Å². The minimum absolute atomic E-state index is 0.0948. The number of ether oxygens (including phenoxy) is 2. The van der Waals surface area contributed by atoms with E-state index in [0.29, 0.717) is 12.8 Å². The van der Waals surface area contributed by atoms with Gasteiger partial charge in [0, 0.05) is 11.5 Å². The molecule has 178 valence electrons. The lowest BCUT2D eigenvalue weighted by molar-refractivity contribution is -0.150. The zero-order valence-electron chi connectivity index (χ0n) is 19.8. The Labute approximate surface area is 195 Å². The smallest absolute Gasteiger partial charge is 0.323 e. The van der Waals surface area contributed by atoms with E-state index in [1.807, 2.05) is 44.2 Å². The van der Waals surface area contributed by atoms with Crippen molar-refractivity contribution in [3.8, 4) is 5.75 Å². The zero-order valence-corrected chi connectivity index (χ0v) is 19.8. The largest absolute Gasteiger partial charge is 0.497 e. The van der Waals surface area contributed by atoms with Gasteiger partial charge >= 0.3 is 5.97 Å². The number of rotatable bonds is 10. The molecule has 0 aromatic heterocycles. The molecular weight excluding hydrogens is 421 g/mol. The van der Waals surface area contributed by atoms with E-state index in [9.17, 15) is 14.0 Å². The molecular formula is C27H34FNO4. The Kier molecular flexibility index (Phi) is 8.25. The molecule has 0 aliphatic heterocycles. The van der Waals surface area contributed by atoms with E-state index >= 15 is 0 Å². The SMILES string of the molecule is CCC(C)(C)NC(C(=O)OCc1ccc(OC)cc1)C1CC(C=O)C(c2cccc(F)c2)C1. The van der Waals surface area contributed by atoms with Crippen LogP contribution in [0.15, 0.2) is 48.5 Å². The van der Waals surface area contributed by atoms with Crippen LogP contribution in [0.2, 0.25) is 0 Å². The maximum Gasteiger partial charge on any atom is 0.323 e. The Balaban J connectivity index is 1.77. The monoisotopic (exact) mass is 455 g/mol. The number of methoxy groups -OCH3 is 1. The fraction of sp³-hybridized carbons (Fsp3) is 0.481. The molecule has 2 aromatic carbocycles. The lowest BCUT2D eigenvalue weighted by Gasteiger charge is -2.33. The van der Waals surface area contributed by atoms with Crippen molar-refractivity contribution in [2.45, 2.75) is 64.1 Å². The zero-order chi connectivity index (χ0) is 24.0. The topological polar surface area (TPSA) is 64.6 Å². The second kappa shape index (κ2) is 10.9. The summed E-state index contributed by atoms with van der Waals surface area (Å²) in [6, 6.07) is 13.2. The van der Waals surface area contributed by atoms with Crippen LogP contribution in [0.4, 0.5) is 4.39 Å². The summed E-state index contributed by atoms with van der Waals surface area (Å²) in [4.78, 5) is 25.1. The second-order valence-corrected chi connectivity index (χ2v) is 9.51. The highest BCUT2D eigenvalue weighted by molar-refractivity contribution is 5.76. The predicted molar refractivity (Wildman–Crippen MR) is 126 cm³/mol. The average Bonchev–Trinajstić information content (AvgIpc) is 3.25. The van der Waals surface area contributed by atoms with Crippen LogP contribution in [-0.4, -0.2) is 30.9 Å². The number of halogens is 1. The lowest BCUT2D eigenvalue weighted by Crippen LogP contribution is -2.52. The molecule has 6 heteroatoms. The van der Waals surface area contributed by atoms with Gasteiger partial charge in [-0.05, 0) is 80.3 Å². The standard InChI is InChI=1S/C27H34FNO4/c1-5-27(2,3)29-25(26(31)33-17-18-9-11-23(32-4)12-10-18)20-13-21(16-30)24(15-20)19-7-6-8-22(28)14-19/h6-12,14,16,20-21,24-25,29H,5,13,15,17H2,1-4H3. The number of nitrogens with one attached hydrogen (secondary N) is 1. The number of esters is 1. The van der Waals surface area contributed by atoms with Crippen LogP contribution in [-0.2, 0) is 20.9 Å². The molecule has 0 amide bonds. The normalized spacial score (nSPS) is 21.4. The summed E-state index contributed by atoms with van der Waals surface area (Å²) in [5.74, 6) is -0.388. The van der Waals surface area contributed by atoms with E-state index in [2.05, 4.69) is 12.2 Å². The van der Waals surface area contributed by atoms with Crippen molar-refractivity contribution in [2.75, 3.05) is 7.11 Å². The fourth-order valence-electron chi connectivity index (χ4n) is 4.51. The van der Waals surface area contributed by atoms with Gasteiger partial charge in [0.1, 0.15) is 30.5 Å². The quantitative estimate of drug-likeness (QED) is 0.402. The Hall–Kier alpha value is -2.73. The molecule has 1 aliphatic rings. The number of aldehydes is 1. The first-order valence-electron chi connectivity index (χ1n) is 11.5. The first kappa shape index (κ1) is 24.9. The van der Waals surface area contributed by atoms with Crippen LogP contribution < -0.4 is 10.1 Å². The molecule has 1 fully saturated rings. The summed E-state index contributed by atoms with van der Waals surface area (Å²) in [7, 11) is 1.60. The van der Waals surface area contributed by atoms with E-state index in [-0.39, 0.29) is 41.7 Å². The molecule has 1 saturated carbocycles. The summed E-state index contributed by atoms with van der Waals surface area (Å²) in [5, 5.41) is 3.48. The minimum Gasteiger partial charge on any atom is -0.497 e. The Morgan fingerprint density at radius 3 is 2.55 bits per heavy atom. The third-order valence-corrected chi connectivity index (χ3v) is 6.80. The molecule has 5 nitrogen and oxygen atoms in total. The second-order valence-electron chi connectivity index (χ2n) is 9.51. The number of benzene rings is 2. The minimum atomic E-state index is -0.556. The summed E-state index contributed by atoms with van der Waals surface area (Å²) in [6.07, 6.45) is 2.94. The Morgan fingerprint density at radius 1 is 1.21 bits per heavy atom. The number of carbonyl (C=O) groups excluding carboxylic acids is 2. The average molecular weight is 456 g/mol. The first-order valence-corrected chi connectivity index (χ1v) is 11.5. The number of hydrogen-bond donors (Lipinski definition) is 1. The maximum absolute atomic E-state index is 13.8. The highest BCUT2D eigenvalue weighted by atomic mass is 19.1. The summed E-state index contributed by atoms with van der Waals surface area (Å²) < 4.78 is 24.7. The fourth-order valence-corrected chi connectivity index (χ4v) is 4.51. The van der Waals surface area contributed by atoms with Gasteiger partial charge in [-0.2, -0.15) is 0 Å². The summed E-state index contributed by atoms with van der Waals surface area (Å²) in [6.45, 7) is 6.32. The van der Waals surface area contributed by atoms with Crippen molar-refractivity contribution >= 4 is 12.3 Å². The van der Waals surface area contributed by atoms with Gasteiger partial charge in [-0.1, -0.05) is 31.2 Å². The maximum atomic E-state index is 13.8. The molecule has 0 saturated heterocycles. The van der Waals surface area contributed by atoms with Crippen LogP contribution in [0.1, 0.15) is 57.1 Å². The van der Waals surface area contributed by atoms with Gasteiger partial charge in [0.15, 0.2) is 0 Å². The van der Waals surface area contributed by atoms with E-state index in [4.69, 9.17) is 9.47 Å². The molecule has 1 aliphatic carbocycles. The summed E-state index contributed by atoms with van der Waals surface area (Å²) >= 11 is 0. The van der Waals surface area contributed by atoms with Crippen molar-refractivity contribution in [3.63, 3.8) is 0 Å². The molecule has 33 heavy (non-hydrogen) atoms. The molecule has 0 spiro atoms. The lowest BCUT2D eigenvalue weighted by atomic mass is 9.89. The molecule has 4 unspecified atom stereocenters. The molecule has 0 bridgehead atoms. The number of hydrogen-bond acceptors (Lipinski definition) is 5. The van der Waals surface area contributed by atoms with E-state index < -0.39 is 6.04 Å². The number of carbonyl (C=O) groups is 2. The molecule has 1 N–H and O–H groups in total. The highest BCUT2D eigenvalue weighted by Crippen LogP contribution is 2.44. The third-order valence-electron chi connectivity index (χ3n) is 6.80. The third kappa shape index (κ3) is 6.41. The van der Waals surface area contributed by atoms with E-state index in [1.54, 1.807) is 13.2 Å². The van der Waals surface area contributed by atoms with Gasteiger partial charge in [0.05, 0.1) is 7.11 Å². The molecule has 2 aromatic rings. The molecule has 0 radical (unpaired) electrons. The van der Waals surface area contributed by atoms with Crippen LogP contribution in [0.3, 0.4) is 0 Å². The van der Waals surface area contributed by atoms with Crippen molar-refractivity contribution in [1.82, 2.24) is 5.32 Å². The van der Waals surface area contributed by atoms with Crippen molar-refractivity contribution < 1.29 is 23.5 Å². The van der Waals surface area contributed by atoms with Gasteiger partial charge in [-0.25, -0.2) is 4.39 Å². The Morgan fingerprint density at radius 2 is 1.94 bits per heavy atom. The molecule has 3 rings (SSSR count). The van der Waals surface area contributed by atoms with Crippen LogP contribution in [0.25, 0.3) is 0 Å². The van der Waals surface area contributed by atoms with Crippen molar-refractivity contribution in [2.24, 2.45) is 11.8 Å². The van der Waals surface area contributed by atoms with Crippen LogP contribution in [0, 0.1) is 17.7 Å².